The van der Waals surface area contributed by atoms with Gasteiger partial charge in [0, 0.05) is 25.3 Å². The highest BCUT2D eigenvalue weighted by atomic mass is 15.2. The van der Waals surface area contributed by atoms with Crippen molar-refractivity contribution in [1.82, 2.24) is 4.90 Å². The lowest BCUT2D eigenvalue weighted by Crippen LogP contribution is -2.22. The highest BCUT2D eigenvalue weighted by Crippen LogP contribution is 2.48. The molecule has 2 heteroatoms. The first-order chi connectivity index (χ1) is 13.4. The third kappa shape index (κ3) is 3.65. The van der Waals surface area contributed by atoms with E-state index < -0.39 is 0 Å². The van der Waals surface area contributed by atoms with Crippen LogP contribution in [0.1, 0.15) is 42.7 Å². The lowest BCUT2D eigenvalue weighted by atomic mass is 9.86. The van der Waals surface area contributed by atoms with Crippen molar-refractivity contribution in [3.63, 3.8) is 0 Å². The molecule has 5 rings (SSSR count). The molecule has 0 spiro atoms. The number of benzene rings is 2. The van der Waals surface area contributed by atoms with Crippen LogP contribution in [0.15, 0.2) is 54.6 Å². The molecule has 3 atom stereocenters. The molecular formula is C25H32N2. The van der Waals surface area contributed by atoms with Crippen LogP contribution in [0, 0.1) is 11.8 Å². The maximum Gasteiger partial charge on any atom is 0.0366 e. The van der Waals surface area contributed by atoms with E-state index in [9.17, 15) is 0 Å². The van der Waals surface area contributed by atoms with Gasteiger partial charge in [-0.1, -0.05) is 42.5 Å². The maximum atomic E-state index is 2.62. The van der Waals surface area contributed by atoms with Crippen molar-refractivity contribution >= 4 is 5.69 Å². The number of rotatable bonds is 5. The van der Waals surface area contributed by atoms with Crippen molar-refractivity contribution in [1.29, 1.82) is 0 Å². The molecule has 142 valence electrons. The second-order valence-electron chi connectivity index (χ2n) is 8.89. The van der Waals surface area contributed by atoms with Gasteiger partial charge in [0.1, 0.15) is 0 Å². The standard InChI is InChI=1S/C25H32N2/c1-2-6-23(7-3-1)27-18-22-12-13-24(25(22)19-27)21-10-8-20(9-11-21)14-17-26-15-4-5-16-26/h1-3,6-11,22,24-25H,4-5,12-19H2. The van der Waals surface area contributed by atoms with Gasteiger partial charge in [0.2, 0.25) is 0 Å². The summed E-state index contributed by atoms with van der Waals surface area (Å²) in [5.74, 6) is 2.47. The van der Waals surface area contributed by atoms with Gasteiger partial charge < -0.3 is 9.80 Å². The van der Waals surface area contributed by atoms with Crippen LogP contribution < -0.4 is 4.90 Å². The zero-order chi connectivity index (χ0) is 18.1. The Labute approximate surface area is 164 Å². The summed E-state index contributed by atoms with van der Waals surface area (Å²) in [4.78, 5) is 5.23. The number of fused-ring (bicyclic) bond motifs is 1. The molecule has 0 amide bonds. The average Bonchev–Trinajstić information content (AvgIpc) is 3.45. The Morgan fingerprint density at radius 3 is 2.37 bits per heavy atom. The van der Waals surface area contributed by atoms with Crippen LogP contribution in [0.2, 0.25) is 0 Å². The first kappa shape index (κ1) is 17.3. The average molecular weight is 361 g/mol. The van der Waals surface area contributed by atoms with Crippen LogP contribution >= 0.6 is 0 Å². The van der Waals surface area contributed by atoms with Gasteiger partial charge in [-0.25, -0.2) is 0 Å². The SMILES string of the molecule is c1ccc(N2CC3CCC(c4ccc(CCN5CCCC5)cc4)C3C2)cc1. The van der Waals surface area contributed by atoms with E-state index in [0.29, 0.717) is 0 Å². The van der Waals surface area contributed by atoms with Crippen LogP contribution in [0.3, 0.4) is 0 Å². The van der Waals surface area contributed by atoms with Gasteiger partial charge >= 0.3 is 0 Å². The normalized spacial score (nSPS) is 28.0. The highest BCUT2D eigenvalue weighted by Gasteiger charge is 2.43. The quantitative estimate of drug-likeness (QED) is 0.744. The van der Waals surface area contributed by atoms with Crippen LogP contribution in [-0.2, 0) is 6.42 Å². The number of likely N-dealkylation sites (tertiary alicyclic amines) is 1. The summed E-state index contributed by atoms with van der Waals surface area (Å²) in [5, 5.41) is 0. The predicted octanol–water partition coefficient (Wildman–Crippen LogP) is 4.95. The van der Waals surface area contributed by atoms with Crippen molar-refractivity contribution in [3.05, 3.63) is 65.7 Å². The zero-order valence-corrected chi connectivity index (χ0v) is 16.4. The molecule has 2 heterocycles. The molecule has 2 aromatic rings. The molecule has 0 N–H and O–H groups in total. The summed E-state index contributed by atoms with van der Waals surface area (Å²) in [5.41, 5.74) is 4.50. The molecule has 2 nitrogen and oxygen atoms in total. The molecule has 27 heavy (non-hydrogen) atoms. The lowest BCUT2D eigenvalue weighted by Gasteiger charge is -2.23. The van der Waals surface area contributed by atoms with E-state index in [1.54, 1.807) is 5.56 Å². The molecule has 2 aliphatic heterocycles. The second kappa shape index (κ2) is 7.67. The summed E-state index contributed by atoms with van der Waals surface area (Å²) >= 11 is 0. The van der Waals surface area contributed by atoms with E-state index in [2.05, 4.69) is 64.4 Å². The number of hydrogen-bond donors (Lipinski definition) is 0. The molecule has 2 aromatic carbocycles. The van der Waals surface area contributed by atoms with Crippen LogP contribution in [0.4, 0.5) is 5.69 Å². The van der Waals surface area contributed by atoms with Gasteiger partial charge in [-0.2, -0.15) is 0 Å². The van der Waals surface area contributed by atoms with E-state index in [0.717, 1.165) is 17.8 Å². The molecule has 1 saturated carbocycles. The van der Waals surface area contributed by atoms with Crippen molar-refractivity contribution in [3.8, 4) is 0 Å². The van der Waals surface area contributed by atoms with Gasteiger partial charge in [0.05, 0.1) is 0 Å². The van der Waals surface area contributed by atoms with E-state index in [4.69, 9.17) is 0 Å². The van der Waals surface area contributed by atoms with Crippen LogP contribution in [-0.4, -0.2) is 37.6 Å². The first-order valence-electron chi connectivity index (χ1n) is 11.0. The topological polar surface area (TPSA) is 6.48 Å². The smallest absolute Gasteiger partial charge is 0.0366 e. The van der Waals surface area contributed by atoms with Gasteiger partial charge in [-0.15, -0.1) is 0 Å². The van der Waals surface area contributed by atoms with Crippen molar-refractivity contribution in [2.45, 2.75) is 38.0 Å². The van der Waals surface area contributed by atoms with E-state index >= 15 is 0 Å². The fourth-order valence-corrected chi connectivity index (χ4v) is 5.75. The summed E-state index contributed by atoms with van der Waals surface area (Å²) in [6, 6.07) is 20.7. The number of nitrogens with zero attached hydrogens (tertiary/aromatic N) is 2. The molecule has 0 radical (unpaired) electrons. The predicted molar refractivity (Wildman–Crippen MR) is 113 cm³/mol. The molecular weight excluding hydrogens is 328 g/mol. The van der Waals surface area contributed by atoms with E-state index in [1.165, 1.54) is 76.1 Å². The van der Waals surface area contributed by atoms with Gasteiger partial charge in [0.25, 0.3) is 0 Å². The lowest BCUT2D eigenvalue weighted by molar-refractivity contribution is 0.343. The highest BCUT2D eigenvalue weighted by molar-refractivity contribution is 5.48. The fraction of sp³-hybridized carbons (Fsp3) is 0.520. The molecule has 0 bridgehead atoms. The van der Waals surface area contributed by atoms with Crippen molar-refractivity contribution in [2.75, 3.05) is 37.6 Å². The zero-order valence-electron chi connectivity index (χ0n) is 16.4. The van der Waals surface area contributed by atoms with E-state index in [1.807, 2.05) is 0 Å². The Balaban J connectivity index is 1.22. The number of anilines is 1. The number of hydrogen-bond acceptors (Lipinski definition) is 2. The molecule has 3 aliphatic rings. The minimum absolute atomic E-state index is 0.761. The first-order valence-corrected chi connectivity index (χ1v) is 11.0. The molecule has 1 aliphatic carbocycles. The Kier molecular flexibility index (Phi) is 4.92. The summed E-state index contributed by atoms with van der Waals surface area (Å²) in [6.45, 7) is 6.33. The summed E-state index contributed by atoms with van der Waals surface area (Å²) < 4.78 is 0. The van der Waals surface area contributed by atoms with Gasteiger partial charge in [-0.3, -0.25) is 0 Å². The van der Waals surface area contributed by atoms with E-state index in [-0.39, 0.29) is 0 Å². The summed E-state index contributed by atoms with van der Waals surface area (Å²) in [7, 11) is 0. The summed E-state index contributed by atoms with van der Waals surface area (Å²) in [6.07, 6.45) is 6.77. The second-order valence-corrected chi connectivity index (χ2v) is 8.89. The molecule has 3 unspecified atom stereocenters. The Morgan fingerprint density at radius 2 is 1.59 bits per heavy atom. The third-order valence-corrected chi connectivity index (χ3v) is 7.30. The Morgan fingerprint density at radius 1 is 0.815 bits per heavy atom. The fourth-order valence-electron chi connectivity index (χ4n) is 5.75. The number of para-hydroxylation sites is 1. The maximum absolute atomic E-state index is 2.62. The molecule has 3 fully saturated rings. The van der Waals surface area contributed by atoms with Gasteiger partial charge in [-0.05, 0) is 86.2 Å². The minimum atomic E-state index is 0.761. The molecule has 2 saturated heterocycles. The van der Waals surface area contributed by atoms with Crippen LogP contribution in [0.25, 0.3) is 0 Å². The monoisotopic (exact) mass is 360 g/mol. The van der Waals surface area contributed by atoms with Crippen molar-refractivity contribution < 1.29 is 0 Å². The Hall–Kier alpha value is -1.80. The van der Waals surface area contributed by atoms with Crippen molar-refractivity contribution in [2.24, 2.45) is 11.8 Å². The Bertz CT molecular complexity index is 733. The molecule has 0 aromatic heterocycles. The van der Waals surface area contributed by atoms with Crippen LogP contribution in [0.5, 0.6) is 0 Å². The minimum Gasteiger partial charge on any atom is -0.371 e. The largest absolute Gasteiger partial charge is 0.371 e. The van der Waals surface area contributed by atoms with Gasteiger partial charge in [0.15, 0.2) is 0 Å². The third-order valence-electron chi connectivity index (χ3n) is 7.30.